The van der Waals surface area contributed by atoms with E-state index in [0.29, 0.717) is 22.8 Å². The first kappa shape index (κ1) is 19.7. The Morgan fingerprint density at radius 1 is 1.11 bits per heavy atom. The summed E-state index contributed by atoms with van der Waals surface area (Å²) < 4.78 is 10.7. The van der Waals surface area contributed by atoms with Crippen LogP contribution in [0.2, 0.25) is 0 Å². The molecule has 0 aromatic heterocycles. The summed E-state index contributed by atoms with van der Waals surface area (Å²) in [5, 5.41) is 2.89. The SMILES string of the molecule is COc1ccccc1/C=C(/C(=O)OCC(=O)N[C@@H](C)C1CC1)c1ccccc1. The molecule has 0 aliphatic heterocycles. The fourth-order valence-electron chi connectivity index (χ4n) is 3.04. The van der Waals surface area contributed by atoms with Crippen molar-refractivity contribution >= 4 is 23.5 Å². The molecule has 1 amide bonds. The van der Waals surface area contributed by atoms with Crippen LogP contribution < -0.4 is 10.1 Å². The summed E-state index contributed by atoms with van der Waals surface area (Å²) in [4.78, 5) is 24.9. The fourth-order valence-corrected chi connectivity index (χ4v) is 3.04. The highest BCUT2D eigenvalue weighted by atomic mass is 16.5. The number of amides is 1. The minimum Gasteiger partial charge on any atom is -0.496 e. The van der Waals surface area contributed by atoms with Crippen molar-refractivity contribution in [2.45, 2.75) is 25.8 Å². The third-order valence-electron chi connectivity index (χ3n) is 4.80. The maximum Gasteiger partial charge on any atom is 0.339 e. The summed E-state index contributed by atoms with van der Waals surface area (Å²) >= 11 is 0. The molecular weight excluding hydrogens is 354 g/mol. The summed E-state index contributed by atoms with van der Waals surface area (Å²) in [6.07, 6.45) is 4.00. The molecule has 0 unspecified atom stereocenters. The van der Waals surface area contributed by atoms with Crippen LogP contribution in [0.3, 0.4) is 0 Å². The second-order valence-electron chi connectivity index (χ2n) is 6.94. The Labute approximate surface area is 165 Å². The quantitative estimate of drug-likeness (QED) is 0.432. The third-order valence-corrected chi connectivity index (χ3v) is 4.80. The number of benzene rings is 2. The van der Waals surface area contributed by atoms with E-state index in [0.717, 1.165) is 18.4 Å². The highest BCUT2D eigenvalue weighted by Crippen LogP contribution is 2.32. The lowest BCUT2D eigenvalue weighted by Gasteiger charge is -2.14. The maximum absolute atomic E-state index is 12.8. The number of carbonyl (C=O) groups excluding carboxylic acids is 2. The van der Waals surface area contributed by atoms with Crippen LogP contribution in [0.4, 0.5) is 0 Å². The third kappa shape index (κ3) is 5.22. The van der Waals surface area contributed by atoms with Gasteiger partial charge in [0, 0.05) is 11.6 Å². The molecule has 1 aliphatic carbocycles. The van der Waals surface area contributed by atoms with Crippen LogP contribution in [-0.4, -0.2) is 31.6 Å². The second kappa shape index (κ2) is 9.22. The summed E-state index contributed by atoms with van der Waals surface area (Å²) in [5.74, 6) is 0.369. The zero-order valence-corrected chi connectivity index (χ0v) is 16.2. The standard InChI is InChI=1S/C23H25NO4/c1-16(17-12-13-17)24-22(25)15-28-23(26)20(18-8-4-3-5-9-18)14-19-10-6-7-11-21(19)27-2/h3-11,14,16-17H,12-13,15H2,1-2H3,(H,24,25)/b20-14+/t16-/m0/s1. The molecule has 0 saturated heterocycles. The van der Waals surface area contributed by atoms with Gasteiger partial charge in [0.25, 0.3) is 5.91 Å². The first-order valence-corrected chi connectivity index (χ1v) is 9.45. The van der Waals surface area contributed by atoms with Gasteiger partial charge in [-0.3, -0.25) is 4.79 Å². The molecule has 1 atom stereocenters. The highest BCUT2D eigenvalue weighted by Gasteiger charge is 2.29. The molecule has 1 N–H and O–H groups in total. The normalized spacial score (nSPS) is 14.9. The van der Waals surface area contributed by atoms with Gasteiger partial charge in [0.15, 0.2) is 6.61 Å². The molecule has 1 saturated carbocycles. The molecule has 0 radical (unpaired) electrons. The first-order valence-electron chi connectivity index (χ1n) is 9.45. The zero-order chi connectivity index (χ0) is 19.9. The fraction of sp³-hybridized carbons (Fsp3) is 0.304. The van der Waals surface area contributed by atoms with Gasteiger partial charge in [0.1, 0.15) is 5.75 Å². The molecular formula is C23H25NO4. The average molecular weight is 379 g/mol. The Balaban J connectivity index is 1.76. The highest BCUT2D eigenvalue weighted by molar-refractivity contribution is 6.22. The van der Waals surface area contributed by atoms with E-state index in [1.165, 1.54) is 0 Å². The summed E-state index contributed by atoms with van der Waals surface area (Å²) in [6, 6.07) is 16.8. The van der Waals surface area contributed by atoms with Crippen molar-refractivity contribution in [3.05, 3.63) is 65.7 Å². The Morgan fingerprint density at radius 2 is 1.79 bits per heavy atom. The Kier molecular flexibility index (Phi) is 6.48. The molecule has 0 heterocycles. The van der Waals surface area contributed by atoms with E-state index in [1.807, 2.05) is 61.5 Å². The zero-order valence-electron chi connectivity index (χ0n) is 16.2. The smallest absolute Gasteiger partial charge is 0.339 e. The number of carbonyl (C=O) groups is 2. The molecule has 1 fully saturated rings. The van der Waals surface area contributed by atoms with Crippen LogP contribution in [0.15, 0.2) is 54.6 Å². The van der Waals surface area contributed by atoms with Gasteiger partial charge in [0.2, 0.25) is 0 Å². The van der Waals surface area contributed by atoms with Crippen molar-refractivity contribution in [1.82, 2.24) is 5.32 Å². The molecule has 5 nitrogen and oxygen atoms in total. The van der Waals surface area contributed by atoms with Crippen LogP contribution in [0.1, 0.15) is 30.9 Å². The summed E-state index contributed by atoms with van der Waals surface area (Å²) in [5.41, 5.74) is 1.84. The molecule has 0 spiro atoms. The monoisotopic (exact) mass is 379 g/mol. The lowest BCUT2D eigenvalue weighted by Crippen LogP contribution is -2.37. The molecule has 5 heteroatoms. The van der Waals surface area contributed by atoms with Gasteiger partial charge in [-0.25, -0.2) is 4.79 Å². The van der Waals surface area contributed by atoms with E-state index in [2.05, 4.69) is 5.32 Å². The van der Waals surface area contributed by atoms with Crippen molar-refractivity contribution in [3.63, 3.8) is 0 Å². The van der Waals surface area contributed by atoms with E-state index in [-0.39, 0.29) is 18.6 Å². The van der Waals surface area contributed by atoms with Gasteiger partial charge in [-0.05, 0) is 43.4 Å². The number of esters is 1. The van der Waals surface area contributed by atoms with Crippen molar-refractivity contribution in [3.8, 4) is 5.75 Å². The number of ether oxygens (including phenoxy) is 2. The second-order valence-corrected chi connectivity index (χ2v) is 6.94. The first-order chi connectivity index (χ1) is 13.6. The lowest BCUT2D eigenvalue weighted by atomic mass is 10.0. The molecule has 1 aliphatic rings. The Morgan fingerprint density at radius 3 is 2.46 bits per heavy atom. The van der Waals surface area contributed by atoms with E-state index in [4.69, 9.17) is 9.47 Å². The largest absolute Gasteiger partial charge is 0.496 e. The van der Waals surface area contributed by atoms with E-state index < -0.39 is 5.97 Å². The maximum atomic E-state index is 12.8. The Hall–Kier alpha value is -3.08. The number of methoxy groups -OCH3 is 1. The number of para-hydroxylation sites is 1. The van der Waals surface area contributed by atoms with Crippen molar-refractivity contribution in [1.29, 1.82) is 0 Å². The van der Waals surface area contributed by atoms with Gasteiger partial charge in [0.05, 0.1) is 12.7 Å². The van der Waals surface area contributed by atoms with Crippen LogP contribution >= 0.6 is 0 Å². The number of nitrogens with one attached hydrogen (secondary N) is 1. The minimum absolute atomic E-state index is 0.115. The van der Waals surface area contributed by atoms with Crippen LogP contribution in [0.25, 0.3) is 11.6 Å². The topological polar surface area (TPSA) is 64.6 Å². The predicted octanol–water partition coefficient (Wildman–Crippen LogP) is 3.69. The van der Waals surface area contributed by atoms with Crippen molar-refractivity contribution < 1.29 is 19.1 Å². The van der Waals surface area contributed by atoms with E-state index in [9.17, 15) is 9.59 Å². The molecule has 146 valence electrons. The van der Waals surface area contributed by atoms with Gasteiger partial charge < -0.3 is 14.8 Å². The average Bonchev–Trinajstić information content (AvgIpc) is 3.56. The molecule has 2 aromatic carbocycles. The van der Waals surface area contributed by atoms with Gasteiger partial charge in [-0.1, -0.05) is 48.5 Å². The van der Waals surface area contributed by atoms with Crippen LogP contribution in [0, 0.1) is 5.92 Å². The van der Waals surface area contributed by atoms with Crippen LogP contribution in [0.5, 0.6) is 5.75 Å². The van der Waals surface area contributed by atoms with Gasteiger partial charge in [-0.15, -0.1) is 0 Å². The van der Waals surface area contributed by atoms with E-state index in [1.54, 1.807) is 13.2 Å². The van der Waals surface area contributed by atoms with Gasteiger partial charge in [-0.2, -0.15) is 0 Å². The summed E-state index contributed by atoms with van der Waals surface area (Å²) in [7, 11) is 1.58. The molecule has 2 aromatic rings. The number of hydrogen-bond acceptors (Lipinski definition) is 4. The molecule has 28 heavy (non-hydrogen) atoms. The van der Waals surface area contributed by atoms with Crippen LogP contribution in [-0.2, 0) is 14.3 Å². The molecule has 0 bridgehead atoms. The van der Waals surface area contributed by atoms with E-state index >= 15 is 0 Å². The number of hydrogen-bond donors (Lipinski definition) is 1. The van der Waals surface area contributed by atoms with Gasteiger partial charge >= 0.3 is 5.97 Å². The van der Waals surface area contributed by atoms with Crippen molar-refractivity contribution in [2.24, 2.45) is 5.92 Å². The summed E-state index contributed by atoms with van der Waals surface area (Å²) in [6.45, 7) is 1.68. The number of rotatable bonds is 8. The molecule has 3 rings (SSSR count). The predicted molar refractivity (Wildman–Crippen MR) is 109 cm³/mol. The van der Waals surface area contributed by atoms with Crippen molar-refractivity contribution in [2.75, 3.05) is 13.7 Å². The lowest BCUT2D eigenvalue weighted by molar-refractivity contribution is -0.143. The Bertz CT molecular complexity index is 856. The minimum atomic E-state index is -0.550.